The van der Waals surface area contributed by atoms with Crippen molar-refractivity contribution >= 4 is 5.91 Å². The van der Waals surface area contributed by atoms with Crippen LogP contribution in [-0.4, -0.2) is 25.9 Å². The molecule has 0 spiro atoms. The van der Waals surface area contributed by atoms with E-state index in [4.69, 9.17) is 4.42 Å². The number of carbonyl (C=O) groups is 1. The normalized spacial score (nSPS) is 11.2. The molecule has 0 bridgehead atoms. The molecule has 0 aliphatic heterocycles. The summed E-state index contributed by atoms with van der Waals surface area (Å²) in [5.41, 5.74) is 3.02. The van der Waals surface area contributed by atoms with E-state index in [1.807, 2.05) is 26.0 Å². The third kappa shape index (κ3) is 4.41. The highest BCUT2D eigenvalue weighted by Gasteiger charge is 2.18. The number of hydrogen-bond donors (Lipinski definition) is 1. The van der Waals surface area contributed by atoms with Gasteiger partial charge < -0.3 is 9.73 Å². The van der Waals surface area contributed by atoms with Crippen LogP contribution in [0.2, 0.25) is 0 Å². The van der Waals surface area contributed by atoms with Crippen LogP contribution in [0.25, 0.3) is 17.3 Å². The van der Waals surface area contributed by atoms with E-state index >= 15 is 0 Å². The Morgan fingerprint density at radius 2 is 1.91 bits per heavy atom. The Labute approximate surface area is 183 Å². The maximum absolute atomic E-state index is 13.4. The van der Waals surface area contributed by atoms with Gasteiger partial charge in [0.2, 0.25) is 5.89 Å². The summed E-state index contributed by atoms with van der Waals surface area (Å²) in [4.78, 5) is 12.7. The largest absolute Gasteiger partial charge is 0.420 e. The molecule has 0 unspecified atom stereocenters. The van der Waals surface area contributed by atoms with Crippen molar-refractivity contribution in [1.29, 1.82) is 0 Å². The van der Waals surface area contributed by atoms with E-state index in [1.54, 1.807) is 29.8 Å². The quantitative estimate of drug-likeness (QED) is 0.478. The Morgan fingerprint density at radius 1 is 1.09 bits per heavy atom. The summed E-state index contributed by atoms with van der Waals surface area (Å²) in [5.74, 6) is -1.31. The predicted molar refractivity (Wildman–Crippen MR) is 113 cm³/mol. The molecule has 0 saturated heterocycles. The number of hydrogen-bond acceptors (Lipinski definition) is 5. The molecule has 164 valence electrons. The highest BCUT2D eigenvalue weighted by atomic mass is 19.2. The van der Waals surface area contributed by atoms with Crippen molar-refractivity contribution in [1.82, 2.24) is 25.3 Å². The molecule has 1 amide bonds. The summed E-state index contributed by atoms with van der Waals surface area (Å²) in [7, 11) is 0. The van der Waals surface area contributed by atoms with Gasteiger partial charge in [-0.05, 0) is 47.9 Å². The number of aromatic nitrogens is 4. The molecule has 9 heteroatoms. The average Bonchev–Trinajstić information content (AvgIpc) is 3.41. The lowest BCUT2D eigenvalue weighted by Crippen LogP contribution is -2.23. The summed E-state index contributed by atoms with van der Waals surface area (Å²) in [5, 5.41) is 15.2. The van der Waals surface area contributed by atoms with Gasteiger partial charge in [-0.1, -0.05) is 26.0 Å². The first kappa shape index (κ1) is 21.4. The summed E-state index contributed by atoms with van der Waals surface area (Å²) >= 11 is 0. The molecule has 2 aromatic heterocycles. The first-order valence-corrected chi connectivity index (χ1v) is 10.0. The van der Waals surface area contributed by atoms with E-state index in [-0.39, 0.29) is 18.4 Å². The van der Waals surface area contributed by atoms with E-state index in [0.717, 1.165) is 17.8 Å². The number of nitrogens with one attached hydrogen (secondary N) is 1. The van der Waals surface area contributed by atoms with E-state index in [2.05, 4.69) is 20.6 Å². The Bertz CT molecular complexity index is 1280. The number of amides is 1. The summed E-state index contributed by atoms with van der Waals surface area (Å²) in [6.07, 6.45) is 0. The summed E-state index contributed by atoms with van der Waals surface area (Å²) in [6.45, 7) is 5.85. The number of rotatable bonds is 6. The van der Waals surface area contributed by atoms with Gasteiger partial charge in [0, 0.05) is 24.7 Å². The monoisotopic (exact) mass is 437 g/mol. The second kappa shape index (κ2) is 8.70. The third-order valence-electron chi connectivity index (χ3n) is 4.86. The first-order valence-electron chi connectivity index (χ1n) is 10.0. The van der Waals surface area contributed by atoms with Crippen LogP contribution < -0.4 is 5.32 Å². The third-order valence-corrected chi connectivity index (χ3v) is 4.86. The molecule has 32 heavy (non-hydrogen) atoms. The maximum Gasteiger partial charge on any atom is 0.268 e. The summed E-state index contributed by atoms with van der Waals surface area (Å²) < 4.78 is 33.7. The Morgan fingerprint density at radius 3 is 2.59 bits per heavy atom. The number of nitrogens with zero attached hydrogens (tertiary/aromatic N) is 4. The zero-order chi connectivity index (χ0) is 22.8. The average molecular weight is 437 g/mol. The van der Waals surface area contributed by atoms with Crippen LogP contribution in [0.3, 0.4) is 0 Å². The van der Waals surface area contributed by atoms with Crippen LogP contribution >= 0.6 is 0 Å². The maximum atomic E-state index is 13.4. The zero-order valence-corrected chi connectivity index (χ0v) is 17.8. The van der Waals surface area contributed by atoms with Crippen molar-refractivity contribution in [2.45, 2.75) is 33.2 Å². The van der Waals surface area contributed by atoms with Crippen LogP contribution in [0.1, 0.15) is 47.3 Å². The van der Waals surface area contributed by atoms with E-state index in [1.165, 1.54) is 6.07 Å². The minimum atomic E-state index is -0.953. The van der Waals surface area contributed by atoms with Crippen LogP contribution in [0, 0.1) is 18.6 Å². The Kier molecular flexibility index (Phi) is 5.81. The van der Waals surface area contributed by atoms with E-state index < -0.39 is 11.6 Å². The molecule has 0 fully saturated rings. The van der Waals surface area contributed by atoms with Crippen molar-refractivity contribution in [3.05, 3.63) is 82.9 Å². The van der Waals surface area contributed by atoms with Crippen LogP contribution in [-0.2, 0) is 6.54 Å². The lowest BCUT2D eigenvalue weighted by molar-refractivity contribution is 0.0951. The van der Waals surface area contributed by atoms with Crippen LogP contribution in [0.5, 0.6) is 0 Å². The number of aryl methyl sites for hydroxylation is 1. The smallest absolute Gasteiger partial charge is 0.268 e. The SMILES string of the molecule is Cc1nnc(-c2cc(C(C)C)n(-c3cccc(C(=O)NCc4ccc(F)c(F)c4)c3)n2)o1. The molecule has 7 nitrogen and oxygen atoms in total. The lowest BCUT2D eigenvalue weighted by Gasteiger charge is -2.11. The number of carbonyl (C=O) groups excluding carboxylic acids is 1. The minimum absolute atomic E-state index is 0.0694. The molecule has 0 saturated carbocycles. The van der Waals surface area contributed by atoms with Gasteiger partial charge >= 0.3 is 0 Å². The van der Waals surface area contributed by atoms with Gasteiger partial charge in [0.15, 0.2) is 11.6 Å². The zero-order valence-electron chi connectivity index (χ0n) is 17.8. The molecule has 0 aliphatic rings. The highest BCUT2D eigenvalue weighted by Crippen LogP contribution is 2.26. The van der Waals surface area contributed by atoms with Gasteiger partial charge in [-0.3, -0.25) is 4.79 Å². The second-order valence-corrected chi connectivity index (χ2v) is 7.63. The lowest BCUT2D eigenvalue weighted by atomic mass is 10.1. The van der Waals surface area contributed by atoms with E-state index in [0.29, 0.717) is 34.3 Å². The molecule has 4 aromatic rings. The van der Waals surface area contributed by atoms with Crippen molar-refractivity contribution in [3.63, 3.8) is 0 Å². The predicted octanol–water partition coefficient (Wildman–Crippen LogP) is 4.56. The topological polar surface area (TPSA) is 85.8 Å². The van der Waals surface area contributed by atoms with Gasteiger partial charge in [0.25, 0.3) is 11.8 Å². The van der Waals surface area contributed by atoms with E-state index in [9.17, 15) is 13.6 Å². The van der Waals surface area contributed by atoms with Crippen LogP contribution in [0.15, 0.2) is 52.9 Å². The van der Waals surface area contributed by atoms with Gasteiger partial charge in [-0.25, -0.2) is 13.5 Å². The Balaban J connectivity index is 1.59. The molecule has 0 atom stereocenters. The van der Waals surface area contributed by atoms with Gasteiger partial charge in [-0.15, -0.1) is 10.2 Å². The molecule has 0 radical (unpaired) electrons. The minimum Gasteiger partial charge on any atom is -0.420 e. The Hall–Kier alpha value is -3.88. The first-order chi connectivity index (χ1) is 15.3. The van der Waals surface area contributed by atoms with Gasteiger partial charge in [0.1, 0.15) is 5.69 Å². The molecular formula is C23H21F2N5O2. The molecule has 2 heterocycles. The number of benzene rings is 2. The summed E-state index contributed by atoms with van der Waals surface area (Å²) in [6, 6.07) is 12.4. The van der Waals surface area contributed by atoms with Crippen molar-refractivity contribution in [2.75, 3.05) is 0 Å². The van der Waals surface area contributed by atoms with Crippen molar-refractivity contribution < 1.29 is 18.0 Å². The van der Waals surface area contributed by atoms with Crippen molar-refractivity contribution in [3.8, 4) is 17.3 Å². The fourth-order valence-electron chi connectivity index (χ4n) is 3.23. The fourth-order valence-corrected chi connectivity index (χ4v) is 3.23. The molecule has 0 aliphatic carbocycles. The van der Waals surface area contributed by atoms with Gasteiger partial charge in [-0.2, -0.15) is 5.10 Å². The molecule has 1 N–H and O–H groups in total. The molecular weight excluding hydrogens is 416 g/mol. The second-order valence-electron chi connectivity index (χ2n) is 7.63. The van der Waals surface area contributed by atoms with Crippen molar-refractivity contribution in [2.24, 2.45) is 0 Å². The van der Waals surface area contributed by atoms with Crippen LogP contribution in [0.4, 0.5) is 8.78 Å². The highest BCUT2D eigenvalue weighted by molar-refractivity contribution is 5.94. The standard InChI is InChI=1S/C23H21F2N5O2/c1-13(2)21-11-20(23-28-27-14(3)32-23)29-30(21)17-6-4-5-16(10-17)22(31)26-12-15-7-8-18(24)19(25)9-15/h4-11,13H,12H2,1-3H3,(H,26,31). The number of halogens is 2. The van der Waals surface area contributed by atoms with Gasteiger partial charge in [0.05, 0.1) is 5.69 Å². The fraction of sp³-hybridized carbons (Fsp3) is 0.217. The molecule has 4 rings (SSSR count). The molecule has 2 aromatic carbocycles.